The molecule has 2 rings (SSSR count). The highest BCUT2D eigenvalue weighted by Gasteiger charge is 2.30. The summed E-state index contributed by atoms with van der Waals surface area (Å²) in [5.74, 6) is -0.786. The fourth-order valence-corrected chi connectivity index (χ4v) is 2.12. The van der Waals surface area contributed by atoms with Crippen LogP contribution in [0.5, 0.6) is 0 Å². The highest BCUT2D eigenvalue weighted by atomic mass is 16.4. The molecule has 7 nitrogen and oxygen atoms in total. The van der Waals surface area contributed by atoms with Gasteiger partial charge in [-0.3, -0.25) is 14.4 Å². The molecule has 20 heavy (non-hydrogen) atoms. The fraction of sp³-hybridized carbons (Fsp3) is 0.692. The number of amides is 2. The Kier molecular flexibility index (Phi) is 4.36. The van der Waals surface area contributed by atoms with Crippen LogP contribution in [0.2, 0.25) is 0 Å². The molecule has 110 valence electrons. The summed E-state index contributed by atoms with van der Waals surface area (Å²) in [7, 11) is 1.53. The number of rotatable bonds is 6. The SMILES string of the molecule is CN1N=C(C(=O)N(CCC(=O)O)CC2CC2)CCC1=O. The van der Waals surface area contributed by atoms with Gasteiger partial charge in [0.05, 0.1) is 6.42 Å². The molecule has 0 aromatic heterocycles. The van der Waals surface area contributed by atoms with Crippen molar-refractivity contribution in [1.29, 1.82) is 0 Å². The molecule has 7 heteroatoms. The maximum Gasteiger partial charge on any atom is 0.305 e. The molecule has 2 aliphatic rings. The van der Waals surface area contributed by atoms with E-state index in [0.717, 1.165) is 12.8 Å². The molecule has 0 atom stereocenters. The van der Waals surface area contributed by atoms with Gasteiger partial charge < -0.3 is 10.0 Å². The second kappa shape index (κ2) is 6.02. The maximum absolute atomic E-state index is 12.4. The van der Waals surface area contributed by atoms with Crippen molar-refractivity contribution in [2.24, 2.45) is 11.0 Å². The lowest BCUT2D eigenvalue weighted by molar-refractivity contribution is -0.137. The van der Waals surface area contributed by atoms with Gasteiger partial charge >= 0.3 is 5.97 Å². The molecule has 1 aliphatic carbocycles. The van der Waals surface area contributed by atoms with Crippen LogP contribution in [0.25, 0.3) is 0 Å². The van der Waals surface area contributed by atoms with Crippen LogP contribution in [0.4, 0.5) is 0 Å². The van der Waals surface area contributed by atoms with Crippen molar-refractivity contribution in [2.45, 2.75) is 32.1 Å². The molecule has 0 aromatic carbocycles. The lowest BCUT2D eigenvalue weighted by Crippen LogP contribution is -2.42. The summed E-state index contributed by atoms with van der Waals surface area (Å²) in [5.41, 5.74) is 0.345. The third-order valence-electron chi connectivity index (χ3n) is 3.51. The summed E-state index contributed by atoms with van der Waals surface area (Å²) < 4.78 is 0. The highest BCUT2D eigenvalue weighted by Crippen LogP contribution is 2.30. The average molecular weight is 281 g/mol. The Morgan fingerprint density at radius 2 is 2.10 bits per heavy atom. The third-order valence-corrected chi connectivity index (χ3v) is 3.51. The number of hydrogen-bond acceptors (Lipinski definition) is 4. The van der Waals surface area contributed by atoms with Crippen molar-refractivity contribution >= 4 is 23.5 Å². The molecule has 0 aromatic rings. The first-order chi connectivity index (χ1) is 9.47. The van der Waals surface area contributed by atoms with Crippen LogP contribution in [-0.2, 0) is 14.4 Å². The average Bonchev–Trinajstić information content (AvgIpc) is 3.20. The molecule has 1 saturated carbocycles. The Balaban J connectivity index is 2.02. The van der Waals surface area contributed by atoms with E-state index in [9.17, 15) is 14.4 Å². The number of hydrazone groups is 1. The molecule has 0 radical (unpaired) electrons. The predicted octanol–water partition coefficient (Wildman–Crippen LogP) is 0.308. The number of carboxylic acids is 1. The van der Waals surface area contributed by atoms with Gasteiger partial charge in [-0.25, -0.2) is 5.01 Å². The topological polar surface area (TPSA) is 90.3 Å². The van der Waals surface area contributed by atoms with E-state index in [1.165, 1.54) is 12.1 Å². The molecular weight excluding hydrogens is 262 g/mol. The smallest absolute Gasteiger partial charge is 0.305 e. The second-order valence-corrected chi connectivity index (χ2v) is 5.30. The van der Waals surface area contributed by atoms with Crippen LogP contribution in [0.15, 0.2) is 5.10 Å². The number of nitrogens with zero attached hydrogens (tertiary/aromatic N) is 3. The van der Waals surface area contributed by atoms with E-state index in [4.69, 9.17) is 5.11 Å². The van der Waals surface area contributed by atoms with E-state index in [1.807, 2.05) is 0 Å². The summed E-state index contributed by atoms with van der Waals surface area (Å²) in [6.07, 6.45) is 2.71. The van der Waals surface area contributed by atoms with Crippen molar-refractivity contribution < 1.29 is 19.5 Å². The molecule has 1 fully saturated rings. The van der Waals surface area contributed by atoms with Crippen molar-refractivity contribution in [2.75, 3.05) is 20.1 Å². The Morgan fingerprint density at radius 1 is 1.40 bits per heavy atom. The summed E-state index contributed by atoms with van der Waals surface area (Å²) >= 11 is 0. The van der Waals surface area contributed by atoms with E-state index in [2.05, 4.69) is 5.10 Å². The zero-order chi connectivity index (χ0) is 14.7. The molecule has 1 N–H and O–H groups in total. The first-order valence-electron chi connectivity index (χ1n) is 6.82. The minimum atomic E-state index is -0.920. The molecule has 1 aliphatic heterocycles. The van der Waals surface area contributed by atoms with E-state index in [-0.39, 0.29) is 31.2 Å². The minimum Gasteiger partial charge on any atom is -0.481 e. The fourth-order valence-electron chi connectivity index (χ4n) is 2.12. The number of carbonyl (C=O) groups excluding carboxylic acids is 2. The molecular formula is C13H19N3O4. The Labute approximate surface area is 117 Å². The van der Waals surface area contributed by atoms with Crippen molar-refractivity contribution in [3.63, 3.8) is 0 Å². The lowest BCUT2D eigenvalue weighted by atomic mass is 10.1. The highest BCUT2D eigenvalue weighted by molar-refractivity contribution is 6.39. The van der Waals surface area contributed by atoms with E-state index < -0.39 is 5.97 Å². The summed E-state index contributed by atoms with van der Waals surface area (Å²) in [5, 5.41) is 13.9. The van der Waals surface area contributed by atoms with Gasteiger partial charge in [0, 0.05) is 33.0 Å². The molecule has 0 spiro atoms. The molecule has 0 unspecified atom stereocenters. The van der Waals surface area contributed by atoms with Gasteiger partial charge in [0.25, 0.3) is 5.91 Å². The van der Waals surface area contributed by atoms with Gasteiger partial charge in [0.1, 0.15) is 5.71 Å². The van der Waals surface area contributed by atoms with Gasteiger partial charge in [-0.1, -0.05) is 0 Å². The van der Waals surface area contributed by atoms with Gasteiger partial charge in [0.2, 0.25) is 5.91 Å². The van der Waals surface area contributed by atoms with Crippen LogP contribution in [-0.4, -0.2) is 58.6 Å². The third kappa shape index (κ3) is 3.79. The number of carbonyl (C=O) groups is 3. The monoisotopic (exact) mass is 281 g/mol. The van der Waals surface area contributed by atoms with E-state index in [0.29, 0.717) is 24.6 Å². The van der Waals surface area contributed by atoms with Crippen molar-refractivity contribution in [3.8, 4) is 0 Å². The molecule has 0 bridgehead atoms. The standard InChI is InChI=1S/C13H19N3O4/c1-15-11(17)5-4-10(14-15)13(20)16(7-6-12(18)19)8-9-2-3-9/h9H,2-8H2,1H3,(H,18,19). The van der Waals surface area contributed by atoms with Crippen molar-refractivity contribution in [3.05, 3.63) is 0 Å². The Bertz CT molecular complexity index is 457. The van der Waals surface area contributed by atoms with Crippen molar-refractivity contribution in [1.82, 2.24) is 9.91 Å². The second-order valence-electron chi connectivity index (χ2n) is 5.30. The Morgan fingerprint density at radius 3 is 2.65 bits per heavy atom. The van der Waals surface area contributed by atoms with Gasteiger partial charge in [-0.2, -0.15) is 5.10 Å². The lowest BCUT2D eigenvalue weighted by Gasteiger charge is -2.25. The van der Waals surface area contributed by atoms with E-state index in [1.54, 1.807) is 4.90 Å². The Hall–Kier alpha value is -1.92. The zero-order valence-electron chi connectivity index (χ0n) is 11.5. The molecule has 1 heterocycles. The largest absolute Gasteiger partial charge is 0.481 e. The number of carboxylic acid groups (broad SMARTS) is 1. The first-order valence-corrected chi connectivity index (χ1v) is 6.82. The normalized spacial score (nSPS) is 18.8. The summed E-state index contributed by atoms with van der Waals surface area (Å²) in [4.78, 5) is 36.0. The van der Waals surface area contributed by atoms with Crippen LogP contribution < -0.4 is 0 Å². The minimum absolute atomic E-state index is 0.0689. The van der Waals surface area contributed by atoms with Crippen LogP contribution >= 0.6 is 0 Å². The van der Waals surface area contributed by atoms with E-state index >= 15 is 0 Å². The quantitative estimate of drug-likeness (QED) is 0.758. The molecule has 0 saturated heterocycles. The first kappa shape index (κ1) is 14.5. The summed E-state index contributed by atoms with van der Waals surface area (Å²) in [6, 6.07) is 0. The predicted molar refractivity (Wildman–Crippen MR) is 71.0 cm³/mol. The maximum atomic E-state index is 12.4. The summed E-state index contributed by atoms with van der Waals surface area (Å²) in [6.45, 7) is 0.782. The van der Waals surface area contributed by atoms with Gasteiger partial charge in [-0.15, -0.1) is 0 Å². The zero-order valence-corrected chi connectivity index (χ0v) is 11.5. The van der Waals surface area contributed by atoms with Crippen LogP contribution in [0, 0.1) is 5.92 Å². The number of aliphatic carboxylic acids is 1. The molecule has 2 amide bonds. The number of hydrogen-bond donors (Lipinski definition) is 1. The van der Waals surface area contributed by atoms with Gasteiger partial charge in [-0.05, 0) is 18.8 Å². The van der Waals surface area contributed by atoms with Gasteiger partial charge in [0.15, 0.2) is 0 Å². The van der Waals surface area contributed by atoms with Crippen LogP contribution in [0.3, 0.4) is 0 Å². The van der Waals surface area contributed by atoms with Crippen LogP contribution in [0.1, 0.15) is 32.1 Å².